The van der Waals surface area contributed by atoms with Crippen molar-refractivity contribution in [3.8, 4) is 0 Å². The van der Waals surface area contributed by atoms with Gasteiger partial charge in [0.15, 0.2) is 12.6 Å². The minimum atomic E-state index is -2.31. The van der Waals surface area contributed by atoms with Gasteiger partial charge < -0.3 is 75.8 Å². The van der Waals surface area contributed by atoms with Gasteiger partial charge in [0.1, 0.15) is 73.2 Å². The van der Waals surface area contributed by atoms with Crippen LogP contribution in [0.1, 0.15) is 55.6 Å². The predicted molar refractivity (Wildman–Crippen MR) is 418 cm³/mol. The van der Waals surface area contributed by atoms with Crippen LogP contribution in [0.5, 0.6) is 0 Å². The molecule has 10 aromatic rings. The summed E-state index contributed by atoms with van der Waals surface area (Å²) in [6.45, 7) is 1.09. The molecule has 1 N–H and O–H groups in total. The quantitative estimate of drug-likeness (QED) is 0.0220. The Kier molecular flexibility index (Phi) is 30.5. The zero-order valence-corrected chi connectivity index (χ0v) is 63.2. The van der Waals surface area contributed by atoms with Gasteiger partial charge in [-0.2, -0.15) is 0 Å². The van der Waals surface area contributed by atoms with E-state index >= 15 is 0 Å². The maximum atomic E-state index is 9.06. The van der Waals surface area contributed by atoms with Crippen LogP contribution in [0.4, 0.5) is 0 Å². The van der Waals surface area contributed by atoms with E-state index in [0.29, 0.717) is 0 Å². The smallest absolute Gasteiger partial charge is 0.265 e. The SMILES string of the molecule is N=C(OC1OC(COCc2ccccc2)C(OC2OC(COCc3ccccc3)C(OC3OC(COCc4ccccc4)C(OCc4ccccc4)C(OCc4ccccc4)C3OCc3ccccc3)C(OCc3ccccc3)C2OCc2ccccc2)C(OCc2ccccc2)C1OCc1ccccc1)C(Cl)(Cl)Cl. The van der Waals surface area contributed by atoms with E-state index < -0.39 is 102 Å². The lowest BCUT2D eigenvalue weighted by molar-refractivity contribution is -0.393. The van der Waals surface area contributed by atoms with Crippen LogP contribution in [0.3, 0.4) is 0 Å². The van der Waals surface area contributed by atoms with Crippen molar-refractivity contribution in [1.82, 2.24) is 0 Å². The van der Waals surface area contributed by atoms with E-state index in [0.717, 1.165) is 55.6 Å². The Labute approximate surface area is 658 Å². The summed E-state index contributed by atoms with van der Waals surface area (Å²) < 4.78 is 113. The van der Waals surface area contributed by atoms with Gasteiger partial charge in [-0.05, 0) is 55.6 Å². The Bertz CT molecular complexity index is 4220. The van der Waals surface area contributed by atoms with Crippen LogP contribution >= 0.6 is 34.8 Å². The van der Waals surface area contributed by atoms with E-state index in [1.165, 1.54) is 0 Å². The van der Waals surface area contributed by atoms with Gasteiger partial charge in [0.25, 0.3) is 3.79 Å². The molecule has 0 saturated carbocycles. The Hall–Kier alpha value is -8.06. The first kappa shape index (κ1) is 80.0. The maximum Gasteiger partial charge on any atom is 0.265 e. The molecule has 17 nitrogen and oxygen atoms in total. The summed E-state index contributed by atoms with van der Waals surface area (Å²) >= 11 is 19.4. The Balaban J connectivity index is 0.950. The van der Waals surface area contributed by atoms with E-state index in [9.17, 15) is 0 Å². The molecule has 3 aliphatic heterocycles. The van der Waals surface area contributed by atoms with Crippen LogP contribution in [0.15, 0.2) is 303 Å². The van der Waals surface area contributed by atoms with Crippen molar-refractivity contribution >= 4 is 40.7 Å². The molecule has 3 fully saturated rings. The molecule has 0 aromatic heterocycles. The lowest BCUT2D eigenvalue weighted by atomic mass is 9.95. The van der Waals surface area contributed by atoms with Gasteiger partial charge in [0, 0.05) is 0 Å². The fraction of sp³-hybridized carbons (Fsp3) is 0.322. The molecule has 0 radical (unpaired) electrons. The van der Waals surface area contributed by atoms with Crippen LogP contribution in [0.25, 0.3) is 0 Å². The zero-order chi connectivity index (χ0) is 75.4. The summed E-state index contributed by atoms with van der Waals surface area (Å²) in [7, 11) is 0. The van der Waals surface area contributed by atoms with Crippen molar-refractivity contribution in [2.75, 3.05) is 19.8 Å². The fourth-order valence-corrected chi connectivity index (χ4v) is 13.6. The Morgan fingerprint density at radius 3 is 0.682 bits per heavy atom. The Morgan fingerprint density at radius 2 is 0.436 bits per heavy atom. The summed E-state index contributed by atoms with van der Waals surface area (Å²) in [5.41, 5.74) is 8.87. The molecule has 3 aliphatic rings. The van der Waals surface area contributed by atoms with Crippen LogP contribution < -0.4 is 0 Å². The molecule has 15 unspecified atom stereocenters. The van der Waals surface area contributed by atoms with E-state index in [4.69, 9.17) is 116 Å². The second-order valence-electron chi connectivity index (χ2n) is 27.1. The van der Waals surface area contributed by atoms with E-state index in [1.54, 1.807) is 0 Å². The minimum Gasteiger partial charge on any atom is -0.445 e. The summed E-state index contributed by atoms with van der Waals surface area (Å²) in [6.07, 6.45) is -17.0. The molecule has 574 valence electrons. The first-order valence-corrected chi connectivity index (χ1v) is 38.3. The number of rotatable bonds is 38. The summed E-state index contributed by atoms with van der Waals surface area (Å²) in [5, 5.41) is 9.06. The molecule has 110 heavy (non-hydrogen) atoms. The number of benzene rings is 10. The number of alkyl halides is 3. The topological polar surface area (TPSA) is 172 Å². The highest BCUT2D eigenvalue weighted by atomic mass is 35.6. The number of halogens is 3. The lowest BCUT2D eigenvalue weighted by Gasteiger charge is -2.52. The molecule has 15 atom stereocenters. The molecule has 13 rings (SSSR count). The number of hydrogen-bond acceptors (Lipinski definition) is 17. The molecular weight excluding hydrogens is 1460 g/mol. The van der Waals surface area contributed by atoms with E-state index in [1.807, 2.05) is 303 Å². The summed E-state index contributed by atoms with van der Waals surface area (Å²) in [5.74, 6) is -0.719. The van der Waals surface area contributed by atoms with Crippen molar-refractivity contribution in [3.63, 3.8) is 0 Å². The predicted octanol–water partition coefficient (Wildman–Crippen LogP) is 17.0. The van der Waals surface area contributed by atoms with Crippen molar-refractivity contribution < 1.29 is 75.8 Å². The normalized spacial score (nSPS) is 24.2. The van der Waals surface area contributed by atoms with Crippen molar-refractivity contribution in [2.45, 2.75) is 162 Å². The molecule has 10 aromatic carbocycles. The van der Waals surface area contributed by atoms with Crippen LogP contribution in [0.2, 0.25) is 0 Å². The molecular formula is C90H92Cl3NO16. The van der Waals surface area contributed by atoms with Gasteiger partial charge in [-0.1, -0.05) is 338 Å². The fourth-order valence-electron chi connectivity index (χ4n) is 13.4. The highest BCUT2D eigenvalue weighted by molar-refractivity contribution is 6.76. The third-order valence-corrected chi connectivity index (χ3v) is 19.5. The number of hydrogen-bond donors (Lipinski definition) is 1. The average Bonchev–Trinajstić information content (AvgIpc) is 0.732. The largest absolute Gasteiger partial charge is 0.445 e. The average molecular weight is 1550 g/mol. The minimum absolute atomic E-state index is 0.0261. The van der Waals surface area contributed by atoms with E-state index in [2.05, 4.69) is 0 Å². The van der Waals surface area contributed by atoms with Crippen molar-refractivity contribution in [3.05, 3.63) is 359 Å². The number of nitrogens with one attached hydrogen (secondary N) is 1. The van der Waals surface area contributed by atoms with Crippen LogP contribution in [-0.2, 0) is 142 Å². The maximum absolute atomic E-state index is 9.06. The number of ether oxygens (including phenoxy) is 16. The van der Waals surface area contributed by atoms with Gasteiger partial charge in [-0.25, -0.2) is 0 Å². The van der Waals surface area contributed by atoms with Crippen molar-refractivity contribution in [2.24, 2.45) is 0 Å². The zero-order valence-electron chi connectivity index (χ0n) is 60.9. The third kappa shape index (κ3) is 23.8. The monoisotopic (exact) mass is 1550 g/mol. The molecule has 3 heterocycles. The lowest BCUT2D eigenvalue weighted by Crippen LogP contribution is -2.68. The van der Waals surface area contributed by atoms with Crippen LogP contribution in [0, 0.1) is 5.41 Å². The third-order valence-electron chi connectivity index (χ3n) is 19.0. The van der Waals surface area contributed by atoms with E-state index in [-0.39, 0.29) is 85.9 Å². The van der Waals surface area contributed by atoms with Gasteiger partial charge in [-0.3, -0.25) is 5.41 Å². The van der Waals surface area contributed by atoms with Gasteiger partial charge >= 0.3 is 0 Å². The first-order valence-electron chi connectivity index (χ1n) is 37.1. The molecule has 3 saturated heterocycles. The highest BCUT2D eigenvalue weighted by Gasteiger charge is 2.58. The molecule has 20 heteroatoms. The van der Waals surface area contributed by atoms with Gasteiger partial charge in [0.05, 0.1) is 85.9 Å². The summed E-state index contributed by atoms with van der Waals surface area (Å²) in [6, 6.07) is 98.5. The molecule has 0 amide bonds. The standard InChI is InChI=1S/C90H92Cl3NO16/c91-90(92,93)89(94)110-88-85(104-60-73-49-29-10-30-50-73)82(101-57-70-43-23-7-24-44-70)79(76(107-88)63-97-53-66-35-15-3-16-36-66)109-87-84(103-59-72-47-27-9-28-48-72)81(100-56-69-41-21-6-22-42-69)78(75(106-87)62-96-52-65-33-13-2-14-34-65)108-86-83(102-58-71-45-25-8-26-46-71)80(99-55-68-39-19-5-20-40-68)77(98-54-67-37-17-4-18-38-67)74(105-86)61-95-51-64-31-11-1-12-32-64/h1-50,74-88,94H,51-63H2. The Morgan fingerprint density at radius 1 is 0.245 bits per heavy atom. The van der Waals surface area contributed by atoms with Crippen LogP contribution in [-0.4, -0.2) is 122 Å². The first-order chi connectivity index (χ1) is 54.1. The van der Waals surface area contributed by atoms with Crippen molar-refractivity contribution in [1.29, 1.82) is 5.41 Å². The highest BCUT2D eigenvalue weighted by Crippen LogP contribution is 2.41. The van der Waals surface area contributed by atoms with Gasteiger partial charge in [-0.15, -0.1) is 0 Å². The second-order valence-corrected chi connectivity index (χ2v) is 29.4. The molecule has 0 aliphatic carbocycles. The second kappa shape index (κ2) is 42.0. The molecule has 0 bridgehead atoms. The molecule has 0 spiro atoms. The van der Waals surface area contributed by atoms with Gasteiger partial charge in [0.2, 0.25) is 12.2 Å². The summed E-state index contributed by atoms with van der Waals surface area (Å²) in [4.78, 5) is 0.